The van der Waals surface area contributed by atoms with Crippen LogP contribution < -0.4 is 5.32 Å². The summed E-state index contributed by atoms with van der Waals surface area (Å²) in [5.41, 5.74) is -0.519. The van der Waals surface area contributed by atoms with Crippen molar-refractivity contribution in [3.63, 3.8) is 0 Å². The standard InChI is InChI=1S/C18H32N4O4/c1-18(2,3)26-17(25)22-7-5-14(6-8-22)16(24)19-13-15(23)21-11-9-20(4)10-12-21/h14H,5-13H2,1-4H3,(H,19,24). The van der Waals surface area contributed by atoms with Gasteiger partial charge in [-0.15, -0.1) is 0 Å². The number of hydrogen-bond donors (Lipinski definition) is 1. The minimum Gasteiger partial charge on any atom is -0.444 e. The average molecular weight is 368 g/mol. The minimum absolute atomic E-state index is 0.0300. The van der Waals surface area contributed by atoms with Crippen molar-refractivity contribution in [2.75, 3.05) is 52.9 Å². The number of carbonyl (C=O) groups is 3. The van der Waals surface area contributed by atoms with Crippen molar-refractivity contribution in [1.82, 2.24) is 20.0 Å². The van der Waals surface area contributed by atoms with Crippen molar-refractivity contribution in [2.45, 2.75) is 39.2 Å². The van der Waals surface area contributed by atoms with E-state index in [0.29, 0.717) is 39.0 Å². The van der Waals surface area contributed by atoms with Gasteiger partial charge in [0.15, 0.2) is 0 Å². The van der Waals surface area contributed by atoms with Crippen LogP contribution in [-0.2, 0) is 14.3 Å². The normalized spacial score (nSPS) is 20.0. The number of likely N-dealkylation sites (N-methyl/N-ethyl adjacent to an activating group) is 1. The van der Waals surface area contributed by atoms with E-state index in [9.17, 15) is 14.4 Å². The van der Waals surface area contributed by atoms with Crippen LogP contribution in [0.5, 0.6) is 0 Å². The second-order valence-corrected chi connectivity index (χ2v) is 8.14. The van der Waals surface area contributed by atoms with E-state index in [1.807, 2.05) is 27.8 Å². The molecule has 2 fully saturated rings. The molecule has 2 heterocycles. The van der Waals surface area contributed by atoms with Gasteiger partial charge in [-0.25, -0.2) is 4.79 Å². The van der Waals surface area contributed by atoms with Crippen molar-refractivity contribution < 1.29 is 19.1 Å². The predicted octanol–water partition coefficient (Wildman–Crippen LogP) is 0.524. The van der Waals surface area contributed by atoms with Crippen LogP contribution >= 0.6 is 0 Å². The molecule has 0 aromatic carbocycles. The summed E-state index contributed by atoms with van der Waals surface area (Å²) >= 11 is 0. The number of piperazine rings is 1. The van der Waals surface area contributed by atoms with E-state index >= 15 is 0 Å². The maximum Gasteiger partial charge on any atom is 0.410 e. The van der Waals surface area contributed by atoms with Crippen molar-refractivity contribution in [3.8, 4) is 0 Å². The predicted molar refractivity (Wildman–Crippen MR) is 97.6 cm³/mol. The summed E-state index contributed by atoms with van der Waals surface area (Å²) in [4.78, 5) is 42.2. The summed E-state index contributed by atoms with van der Waals surface area (Å²) < 4.78 is 5.36. The van der Waals surface area contributed by atoms with Crippen LogP contribution in [-0.4, -0.2) is 91.1 Å². The summed E-state index contributed by atoms with van der Waals surface area (Å²) in [6.07, 6.45) is 0.850. The Bertz CT molecular complexity index is 516. The number of rotatable bonds is 3. The summed E-state index contributed by atoms with van der Waals surface area (Å²) in [5.74, 6) is -0.289. The highest BCUT2D eigenvalue weighted by Crippen LogP contribution is 2.19. The molecule has 8 nitrogen and oxygen atoms in total. The number of ether oxygens (including phenoxy) is 1. The van der Waals surface area contributed by atoms with E-state index in [2.05, 4.69) is 10.2 Å². The first-order valence-electron chi connectivity index (χ1n) is 9.37. The summed E-state index contributed by atoms with van der Waals surface area (Å²) in [6.45, 7) is 9.70. The van der Waals surface area contributed by atoms with Crippen molar-refractivity contribution in [2.24, 2.45) is 5.92 Å². The van der Waals surface area contributed by atoms with Crippen LogP contribution in [0.2, 0.25) is 0 Å². The van der Waals surface area contributed by atoms with E-state index in [1.54, 1.807) is 9.80 Å². The zero-order chi connectivity index (χ0) is 19.3. The van der Waals surface area contributed by atoms with E-state index in [0.717, 1.165) is 13.1 Å². The molecule has 0 radical (unpaired) electrons. The van der Waals surface area contributed by atoms with E-state index < -0.39 is 5.60 Å². The number of hydrogen-bond acceptors (Lipinski definition) is 5. The van der Waals surface area contributed by atoms with Gasteiger partial charge in [0.1, 0.15) is 5.60 Å². The molecule has 0 aromatic rings. The first kappa shape index (κ1) is 20.5. The molecule has 26 heavy (non-hydrogen) atoms. The van der Waals surface area contributed by atoms with E-state index in [4.69, 9.17) is 4.74 Å². The van der Waals surface area contributed by atoms with Crippen molar-refractivity contribution in [1.29, 1.82) is 0 Å². The van der Waals surface area contributed by atoms with Crippen molar-refractivity contribution >= 4 is 17.9 Å². The first-order chi connectivity index (χ1) is 12.2. The summed E-state index contributed by atoms with van der Waals surface area (Å²) in [6, 6.07) is 0. The zero-order valence-corrected chi connectivity index (χ0v) is 16.4. The average Bonchev–Trinajstić information content (AvgIpc) is 2.58. The Morgan fingerprint density at radius 1 is 0.962 bits per heavy atom. The molecule has 2 aliphatic rings. The third-order valence-electron chi connectivity index (χ3n) is 4.79. The Hall–Kier alpha value is -1.83. The fourth-order valence-corrected chi connectivity index (χ4v) is 3.13. The van der Waals surface area contributed by atoms with Crippen molar-refractivity contribution in [3.05, 3.63) is 0 Å². The van der Waals surface area contributed by atoms with Gasteiger partial charge in [0, 0.05) is 45.2 Å². The third-order valence-corrected chi connectivity index (χ3v) is 4.79. The number of nitrogens with one attached hydrogen (secondary N) is 1. The molecule has 148 valence electrons. The Morgan fingerprint density at radius 2 is 1.54 bits per heavy atom. The van der Waals surface area contributed by atoms with Gasteiger partial charge in [-0.05, 0) is 40.7 Å². The van der Waals surface area contributed by atoms with Gasteiger partial charge in [0.25, 0.3) is 0 Å². The fraction of sp³-hybridized carbons (Fsp3) is 0.833. The molecule has 0 aliphatic carbocycles. The highest BCUT2D eigenvalue weighted by Gasteiger charge is 2.30. The SMILES string of the molecule is CN1CCN(C(=O)CNC(=O)C2CCN(C(=O)OC(C)(C)C)CC2)CC1. The zero-order valence-electron chi connectivity index (χ0n) is 16.4. The molecule has 0 bridgehead atoms. The monoisotopic (exact) mass is 368 g/mol. The second kappa shape index (κ2) is 8.70. The first-order valence-corrected chi connectivity index (χ1v) is 9.37. The lowest BCUT2D eigenvalue weighted by Crippen LogP contribution is -2.51. The van der Waals surface area contributed by atoms with Gasteiger partial charge >= 0.3 is 6.09 Å². The number of nitrogens with zero attached hydrogens (tertiary/aromatic N) is 3. The molecule has 8 heteroatoms. The number of piperidine rings is 1. The van der Waals surface area contributed by atoms with Crippen LogP contribution in [0.4, 0.5) is 4.79 Å². The Morgan fingerprint density at radius 3 is 2.08 bits per heavy atom. The molecule has 2 aliphatic heterocycles. The van der Waals surface area contributed by atoms with Gasteiger partial charge in [-0.2, -0.15) is 0 Å². The van der Waals surface area contributed by atoms with Crippen LogP contribution in [0.15, 0.2) is 0 Å². The number of amides is 3. The Kier molecular flexibility index (Phi) is 6.86. The maximum absolute atomic E-state index is 12.3. The van der Waals surface area contributed by atoms with Gasteiger partial charge in [0.2, 0.25) is 11.8 Å². The number of carbonyl (C=O) groups excluding carboxylic acids is 3. The molecule has 2 saturated heterocycles. The van der Waals surface area contributed by atoms with E-state index in [-0.39, 0.29) is 30.4 Å². The summed E-state index contributed by atoms with van der Waals surface area (Å²) in [7, 11) is 2.03. The van der Waals surface area contributed by atoms with Gasteiger partial charge in [0.05, 0.1) is 6.54 Å². The molecule has 3 amide bonds. The maximum atomic E-state index is 12.3. The lowest BCUT2D eigenvalue weighted by atomic mass is 9.96. The van der Waals surface area contributed by atoms with Gasteiger partial charge in [-0.3, -0.25) is 9.59 Å². The molecular weight excluding hydrogens is 336 g/mol. The van der Waals surface area contributed by atoms with Crippen LogP contribution in [0, 0.1) is 5.92 Å². The highest BCUT2D eigenvalue weighted by molar-refractivity contribution is 5.86. The van der Waals surface area contributed by atoms with Gasteiger partial charge in [-0.1, -0.05) is 0 Å². The van der Waals surface area contributed by atoms with Crippen LogP contribution in [0.3, 0.4) is 0 Å². The second-order valence-electron chi connectivity index (χ2n) is 8.14. The lowest BCUT2D eigenvalue weighted by Gasteiger charge is -2.33. The Labute approximate surface area is 155 Å². The van der Waals surface area contributed by atoms with E-state index in [1.165, 1.54) is 0 Å². The lowest BCUT2D eigenvalue weighted by molar-refractivity contribution is -0.135. The number of likely N-dealkylation sites (tertiary alicyclic amines) is 1. The smallest absolute Gasteiger partial charge is 0.410 e. The molecule has 1 N–H and O–H groups in total. The quantitative estimate of drug-likeness (QED) is 0.786. The molecular formula is C18H32N4O4. The molecule has 0 unspecified atom stereocenters. The highest BCUT2D eigenvalue weighted by atomic mass is 16.6. The van der Waals surface area contributed by atoms with Crippen LogP contribution in [0.25, 0.3) is 0 Å². The molecule has 0 spiro atoms. The third kappa shape index (κ3) is 6.16. The topological polar surface area (TPSA) is 82.2 Å². The van der Waals surface area contributed by atoms with Crippen LogP contribution in [0.1, 0.15) is 33.6 Å². The molecule has 0 atom stereocenters. The molecule has 2 rings (SSSR count). The largest absolute Gasteiger partial charge is 0.444 e. The fourth-order valence-electron chi connectivity index (χ4n) is 3.13. The molecule has 0 aromatic heterocycles. The summed E-state index contributed by atoms with van der Waals surface area (Å²) in [5, 5.41) is 2.76. The Balaban J connectivity index is 1.69. The minimum atomic E-state index is -0.519. The molecule has 0 saturated carbocycles. The van der Waals surface area contributed by atoms with Gasteiger partial charge < -0.3 is 24.8 Å².